The lowest BCUT2D eigenvalue weighted by Crippen LogP contribution is -2.13. The van der Waals surface area contributed by atoms with E-state index in [0.717, 1.165) is 0 Å². The largest absolute Gasteiger partial charge is 0.462 e. The Balaban J connectivity index is 2.20. The number of pyridine rings is 1. The van der Waals surface area contributed by atoms with E-state index in [1.807, 2.05) is 0 Å². The van der Waals surface area contributed by atoms with Crippen LogP contribution in [-0.4, -0.2) is 23.5 Å². The summed E-state index contributed by atoms with van der Waals surface area (Å²) in [4.78, 5) is 27.6. The van der Waals surface area contributed by atoms with E-state index in [0.29, 0.717) is 11.3 Å². The summed E-state index contributed by atoms with van der Waals surface area (Å²) in [6.07, 6.45) is 3.04. The average molecular weight is 305 g/mol. The first-order valence-electron chi connectivity index (χ1n) is 6.30. The van der Waals surface area contributed by atoms with Crippen molar-refractivity contribution in [2.45, 2.75) is 6.92 Å². The molecule has 1 aromatic heterocycles. The van der Waals surface area contributed by atoms with E-state index in [-0.39, 0.29) is 23.1 Å². The number of amides is 1. The molecule has 0 aliphatic rings. The number of carbonyl (C=O) groups excluding carboxylic acids is 2. The second kappa shape index (κ2) is 6.85. The second-order valence-corrected chi connectivity index (χ2v) is 4.52. The number of anilines is 1. The van der Waals surface area contributed by atoms with Crippen LogP contribution in [0.25, 0.3) is 0 Å². The summed E-state index contributed by atoms with van der Waals surface area (Å²) in [7, 11) is 0. The van der Waals surface area contributed by atoms with Gasteiger partial charge in [-0.15, -0.1) is 0 Å². The monoisotopic (exact) mass is 304 g/mol. The molecule has 0 aliphatic heterocycles. The van der Waals surface area contributed by atoms with Gasteiger partial charge in [0.05, 0.1) is 22.8 Å². The summed E-state index contributed by atoms with van der Waals surface area (Å²) in [5.41, 5.74) is 1.09. The first-order valence-corrected chi connectivity index (χ1v) is 6.67. The van der Waals surface area contributed by atoms with Gasteiger partial charge < -0.3 is 10.1 Å². The number of aromatic nitrogens is 1. The lowest BCUT2D eigenvalue weighted by molar-refractivity contribution is 0.0526. The van der Waals surface area contributed by atoms with Gasteiger partial charge in [0.2, 0.25) is 0 Å². The number of ether oxygens (including phenoxy) is 1. The standard InChI is InChI=1S/C15H13ClN2O3/c1-2-21-15(20)12-8-11(5-6-13(12)16)18-14(19)10-4-3-7-17-9-10/h3-9H,2H2,1H3,(H,18,19). The van der Waals surface area contributed by atoms with Crippen molar-refractivity contribution in [3.05, 3.63) is 58.9 Å². The summed E-state index contributed by atoms with van der Waals surface area (Å²) >= 11 is 5.96. The van der Waals surface area contributed by atoms with Crippen LogP contribution >= 0.6 is 11.6 Å². The van der Waals surface area contributed by atoms with Crippen LogP contribution in [0.5, 0.6) is 0 Å². The van der Waals surface area contributed by atoms with Gasteiger partial charge in [0, 0.05) is 18.1 Å². The first kappa shape index (κ1) is 15.0. The molecule has 0 aliphatic carbocycles. The van der Waals surface area contributed by atoms with Gasteiger partial charge in [-0.1, -0.05) is 11.6 Å². The van der Waals surface area contributed by atoms with E-state index < -0.39 is 5.97 Å². The van der Waals surface area contributed by atoms with E-state index >= 15 is 0 Å². The first-order chi connectivity index (χ1) is 10.1. The predicted octanol–water partition coefficient (Wildman–Crippen LogP) is 3.16. The van der Waals surface area contributed by atoms with Gasteiger partial charge in [-0.3, -0.25) is 9.78 Å². The van der Waals surface area contributed by atoms with E-state index in [1.54, 1.807) is 31.3 Å². The fourth-order valence-corrected chi connectivity index (χ4v) is 1.86. The highest BCUT2D eigenvalue weighted by Crippen LogP contribution is 2.22. The highest BCUT2D eigenvalue weighted by molar-refractivity contribution is 6.33. The van der Waals surface area contributed by atoms with Crippen LogP contribution in [0.2, 0.25) is 5.02 Å². The van der Waals surface area contributed by atoms with Gasteiger partial charge in [-0.25, -0.2) is 4.79 Å². The molecule has 2 aromatic rings. The lowest BCUT2D eigenvalue weighted by atomic mass is 10.2. The molecule has 1 aromatic carbocycles. The summed E-state index contributed by atoms with van der Waals surface area (Å²) in [6, 6.07) is 7.94. The van der Waals surface area contributed by atoms with Crippen LogP contribution in [0.3, 0.4) is 0 Å². The third-order valence-corrected chi connectivity index (χ3v) is 2.97. The fourth-order valence-electron chi connectivity index (χ4n) is 1.67. The maximum absolute atomic E-state index is 12.0. The number of nitrogens with one attached hydrogen (secondary N) is 1. The minimum absolute atomic E-state index is 0.211. The molecule has 0 saturated heterocycles. The molecule has 0 atom stereocenters. The molecule has 6 heteroatoms. The zero-order valence-corrected chi connectivity index (χ0v) is 12.1. The van der Waals surface area contributed by atoms with Crippen LogP contribution in [0, 0.1) is 0 Å². The van der Waals surface area contributed by atoms with E-state index in [1.165, 1.54) is 18.3 Å². The van der Waals surface area contributed by atoms with Crippen molar-refractivity contribution >= 4 is 29.2 Å². The van der Waals surface area contributed by atoms with Crippen LogP contribution in [-0.2, 0) is 4.74 Å². The molecule has 1 heterocycles. The third-order valence-electron chi connectivity index (χ3n) is 2.64. The average Bonchev–Trinajstić information content (AvgIpc) is 2.50. The molecule has 21 heavy (non-hydrogen) atoms. The quantitative estimate of drug-likeness (QED) is 0.881. The maximum Gasteiger partial charge on any atom is 0.339 e. The number of nitrogens with zero attached hydrogens (tertiary/aromatic N) is 1. The number of benzene rings is 1. The smallest absolute Gasteiger partial charge is 0.339 e. The minimum atomic E-state index is -0.528. The number of carbonyl (C=O) groups is 2. The molecule has 0 radical (unpaired) electrons. The van der Waals surface area contributed by atoms with Gasteiger partial charge in [0.25, 0.3) is 5.91 Å². The fraction of sp³-hybridized carbons (Fsp3) is 0.133. The van der Waals surface area contributed by atoms with Crippen LogP contribution in [0.1, 0.15) is 27.6 Å². The molecule has 108 valence electrons. The second-order valence-electron chi connectivity index (χ2n) is 4.11. The Bertz CT molecular complexity index is 659. The van der Waals surface area contributed by atoms with Crippen molar-refractivity contribution in [3.63, 3.8) is 0 Å². The highest BCUT2D eigenvalue weighted by atomic mass is 35.5. The summed E-state index contributed by atoms with van der Waals surface area (Å²) < 4.78 is 4.91. The molecule has 0 spiro atoms. The molecule has 1 N–H and O–H groups in total. The number of hydrogen-bond acceptors (Lipinski definition) is 4. The zero-order valence-electron chi connectivity index (χ0n) is 11.3. The molecular weight excluding hydrogens is 292 g/mol. The molecule has 0 bridgehead atoms. The zero-order chi connectivity index (χ0) is 15.2. The number of esters is 1. The molecular formula is C15H13ClN2O3. The molecule has 0 saturated carbocycles. The van der Waals surface area contributed by atoms with Gasteiger partial charge >= 0.3 is 5.97 Å². The summed E-state index contributed by atoms with van der Waals surface area (Å²) in [5.74, 6) is -0.847. The van der Waals surface area contributed by atoms with Gasteiger partial charge in [-0.2, -0.15) is 0 Å². The number of halogens is 1. The van der Waals surface area contributed by atoms with Gasteiger partial charge in [0.1, 0.15) is 0 Å². The number of hydrogen-bond donors (Lipinski definition) is 1. The SMILES string of the molecule is CCOC(=O)c1cc(NC(=O)c2cccnc2)ccc1Cl. The van der Waals surface area contributed by atoms with Crippen molar-refractivity contribution < 1.29 is 14.3 Å². The molecule has 1 amide bonds. The molecule has 5 nitrogen and oxygen atoms in total. The van der Waals surface area contributed by atoms with Crippen LogP contribution in [0.15, 0.2) is 42.7 Å². The third kappa shape index (κ3) is 3.79. The number of rotatable bonds is 4. The van der Waals surface area contributed by atoms with Crippen molar-refractivity contribution in [2.24, 2.45) is 0 Å². The Morgan fingerprint density at radius 2 is 2.14 bits per heavy atom. The van der Waals surface area contributed by atoms with Crippen LogP contribution in [0.4, 0.5) is 5.69 Å². The Morgan fingerprint density at radius 3 is 2.81 bits per heavy atom. The summed E-state index contributed by atoms with van der Waals surface area (Å²) in [6.45, 7) is 1.96. The van der Waals surface area contributed by atoms with Gasteiger partial charge in [-0.05, 0) is 37.3 Å². The topological polar surface area (TPSA) is 68.3 Å². The van der Waals surface area contributed by atoms with E-state index in [2.05, 4.69) is 10.3 Å². The van der Waals surface area contributed by atoms with Crippen molar-refractivity contribution in [2.75, 3.05) is 11.9 Å². The van der Waals surface area contributed by atoms with Crippen molar-refractivity contribution in [1.29, 1.82) is 0 Å². The maximum atomic E-state index is 12.0. The van der Waals surface area contributed by atoms with Crippen LogP contribution < -0.4 is 5.32 Å². The Kier molecular flexibility index (Phi) is 4.90. The molecule has 0 fully saturated rings. The van der Waals surface area contributed by atoms with E-state index in [9.17, 15) is 9.59 Å². The lowest BCUT2D eigenvalue weighted by Gasteiger charge is -2.08. The molecule has 0 unspecified atom stereocenters. The van der Waals surface area contributed by atoms with Gasteiger partial charge in [0.15, 0.2) is 0 Å². The molecule has 2 rings (SSSR count). The highest BCUT2D eigenvalue weighted by Gasteiger charge is 2.13. The van der Waals surface area contributed by atoms with Crippen molar-refractivity contribution in [1.82, 2.24) is 4.98 Å². The van der Waals surface area contributed by atoms with Crippen molar-refractivity contribution in [3.8, 4) is 0 Å². The normalized spacial score (nSPS) is 10.0. The summed E-state index contributed by atoms with van der Waals surface area (Å²) in [5, 5.41) is 2.95. The Hall–Kier alpha value is -2.40. The predicted molar refractivity (Wildman–Crippen MR) is 79.6 cm³/mol. The Labute approximate surface area is 126 Å². The Morgan fingerprint density at radius 1 is 1.33 bits per heavy atom. The van der Waals surface area contributed by atoms with E-state index in [4.69, 9.17) is 16.3 Å². The minimum Gasteiger partial charge on any atom is -0.462 e.